The van der Waals surface area contributed by atoms with E-state index in [1.807, 2.05) is 6.07 Å². The molecule has 0 radical (unpaired) electrons. The summed E-state index contributed by atoms with van der Waals surface area (Å²) in [6.45, 7) is 0.333. The second-order valence-electron chi connectivity index (χ2n) is 3.41. The number of carbonyl (C=O) groups excluding carboxylic acids is 1. The second kappa shape index (κ2) is 5.18. The maximum absolute atomic E-state index is 11.9. The molecule has 0 aliphatic carbocycles. The predicted octanol–water partition coefficient (Wildman–Crippen LogP) is 1.19. The summed E-state index contributed by atoms with van der Waals surface area (Å²) in [4.78, 5) is 19.8. The molecule has 17 heavy (non-hydrogen) atoms. The standard InChI is InChI=1S/C12H12N4O/c13-8-10-2-1-5-15-11(10)16-12(17)9-3-6-14-7-4-9/h1-7H,8,13H2,(H,15,16,17). The van der Waals surface area contributed by atoms with Gasteiger partial charge in [0.1, 0.15) is 5.82 Å². The third-order valence-corrected chi connectivity index (χ3v) is 2.29. The highest BCUT2D eigenvalue weighted by atomic mass is 16.1. The number of hydrogen-bond acceptors (Lipinski definition) is 4. The van der Waals surface area contributed by atoms with Crippen LogP contribution in [-0.4, -0.2) is 15.9 Å². The molecule has 2 heterocycles. The number of amides is 1. The molecule has 0 atom stereocenters. The Kier molecular flexibility index (Phi) is 3.42. The number of aromatic nitrogens is 2. The first kappa shape index (κ1) is 11.2. The van der Waals surface area contributed by atoms with Gasteiger partial charge in [0.15, 0.2) is 0 Å². The lowest BCUT2D eigenvalue weighted by Crippen LogP contribution is -2.15. The molecule has 2 rings (SSSR count). The molecule has 0 saturated carbocycles. The lowest BCUT2D eigenvalue weighted by Gasteiger charge is -2.07. The van der Waals surface area contributed by atoms with Crippen molar-refractivity contribution in [3.8, 4) is 0 Å². The van der Waals surface area contributed by atoms with Crippen molar-refractivity contribution >= 4 is 11.7 Å². The van der Waals surface area contributed by atoms with Gasteiger partial charge in [-0.1, -0.05) is 6.07 Å². The minimum Gasteiger partial charge on any atom is -0.326 e. The van der Waals surface area contributed by atoms with Gasteiger partial charge in [-0.15, -0.1) is 0 Å². The molecule has 0 unspecified atom stereocenters. The maximum atomic E-state index is 11.9. The number of pyridine rings is 2. The van der Waals surface area contributed by atoms with Crippen molar-refractivity contribution in [3.63, 3.8) is 0 Å². The number of nitrogens with zero attached hydrogens (tertiary/aromatic N) is 2. The Balaban J connectivity index is 2.19. The van der Waals surface area contributed by atoms with Gasteiger partial charge >= 0.3 is 0 Å². The van der Waals surface area contributed by atoms with E-state index >= 15 is 0 Å². The van der Waals surface area contributed by atoms with Crippen molar-refractivity contribution in [2.75, 3.05) is 5.32 Å². The Bertz CT molecular complexity index is 513. The van der Waals surface area contributed by atoms with Gasteiger partial charge in [-0.25, -0.2) is 4.98 Å². The highest BCUT2D eigenvalue weighted by Crippen LogP contribution is 2.11. The third-order valence-electron chi connectivity index (χ3n) is 2.29. The first-order chi connectivity index (χ1) is 8.31. The summed E-state index contributed by atoms with van der Waals surface area (Å²) in [6, 6.07) is 6.89. The Morgan fingerprint density at radius 1 is 1.24 bits per heavy atom. The molecule has 5 nitrogen and oxygen atoms in total. The molecule has 2 aromatic rings. The summed E-state index contributed by atoms with van der Waals surface area (Å²) in [5.41, 5.74) is 6.90. The number of nitrogens with one attached hydrogen (secondary N) is 1. The first-order valence-electron chi connectivity index (χ1n) is 5.16. The van der Waals surface area contributed by atoms with E-state index in [1.165, 1.54) is 0 Å². The summed E-state index contributed by atoms with van der Waals surface area (Å²) >= 11 is 0. The zero-order valence-corrected chi connectivity index (χ0v) is 9.13. The number of anilines is 1. The van der Waals surface area contributed by atoms with Crippen molar-refractivity contribution in [1.29, 1.82) is 0 Å². The molecule has 0 aromatic carbocycles. The molecular formula is C12H12N4O. The third kappa shape index (κ3) is 2.64. The minimum atomic E-state index is -0.221. The molecule has 0 saturated heterocycles. The molecule has 1 amide bonds. The van der Waals surface area contributed by atoms with Crippen LogP contribution < -0.4 is 11.1 Å². The Labute approximate surface area is 98.7 Å². The maximum Gasteiger partial charge on any atom is 0.256 e. The Morgan fingerprint density at radius 2 is 2.00 bits per heavy atom. The highest BCUT2D eigenvalue weighted by Gasteiger charge is 2.08. The van der Waals surface area contributed by atoms with Crippen molar-refractivity contribution in [1.82, 2.24) is 9.97 Å². The summed E-state index contributed by atoms with van der Waals surface area (Å²) < 4.78 is 0. The Hall–Kier alpha value is -2.27. The van der Waals surface area contributed by atoms with Crippen LogP contribution in [0.2, 0.25) is 0 Å². The van der Waals surface area contributed by atoms with Gasteiger partial charge in [0.25, 0.3) is 5.91 Å². The van der Waals surface area contributed by atoms with Crippen LogP contribution in [0.1, 0.15) is 15.9 Å². The summed E-state index contributed by atoms with van der Waals surface area (Å²) in [6.07, 6.45) is 4.75. The number of carbonyl (C=O) groups is 1. The second-order valence-corrected chi connectivity index (χ2v) is 3.41. The van der Waals surface area contributed by atoms with E-state index in [-0.39, 0.29) is 5.91 Å². The highest BCUT2D eigenvalue weighted by molar-refractivity contribution is 6.03. The van der Waals surface area contributed by atoms with Crippen LogP contribution in [0.5, 0.6) is 0 Å². The fourth-order valence-corrected chi connectivity index (χ4v) is 1.40. The predicted molar refractivity (Wildman–Crippen MR) is 64.3 cm³/mol. The van der Waals surface area contributed by atoms with Gasteiger partial charge in [-0.05, 0) is 18.2 Å². The lowest BCUT2D eigenvalue weighted by molar-refractivity contribution is 0.102. The first-order valence-corrected chi connectivity index (χ1v) is 5.16. The van der Waals surface area contributed by atoms with E-state index in [1.54, 1.807) is 36.8 Å². The van der Waals surface area contributed by atoms with Crippen LogP contribution in [0.4, 0.5) is 5.82 Å². The topological polar surface area (TPSA) is 80.9 Å². The van der Waals surface area contributed by atoms with Gasteiger partial charge in [-0.3, -0.25) is 9.78 Å². The van der Waals surface area contributed by atoms with Gasteiger partial charge in [-0.2, -0.15) is 0 Å². The van der Waals surface area contributed by atoms with Crippen LogP contribution in [0, 0.1) is 0 Å². The van der Waals surface area contributed by atoms with E-state index < -0.39 is 0 Å². The molecule has 0 aliphatic heterocycles. The van der Waals surface area contributed by atoms with Crippen LogP contribution in [0.3, 0.4) is 0 Å². The molecule has 0 aliphatic rings. The molecule has 86 valence electrons. The van der Waals surface area contributed by atoms with Crippen LogP contribution in [0.15, 0.2) is 42.9 Å². The zero-order valence-electron chi connectivity index (χ0n) is 9.13. The van der Waals surface area contributed by atoms with Gasteiger partial charge in [0.05, 0.1) is 0 Å². The summed E-state index contributed by atoms with van der Waals surface area (Å²) in [7, 11) is 0. The van der Waals surface area contributed by atoms with E-state index in [9.17, 15) is 4.79 Å². The Morgan fingerprint density at radius 3 is 2.71 bits per heavy atom. The molecule has 5 heteroatoms. The molecule has 2 aromatic heterocycles. The fourth-order valence-electron chi connectivity index (χ4n) is 1.40. The smallest absolute Gasteiger partial charge is 0.256 e. The van der Waals surface area contributed by atoms with E-state index in [0.717, 1.165) is 5.56 Å². The van der Waals surface area contributed by atoms with Crippen LogP contribution in [0.25, 0.3) is 0 Å². The van der Waals surface area contributed by atoms with Crippen LogP contribution in [-0.2, 0) is 6.54 Å². The van der Waals surface area contributed by atoms with Crippen molar-refractivity contribution < 1.29 is 4.79 Å². The summed E-state index contributed by atoms with van der Waals surface area (Å²) in [5, 5.41) is 2.72. The molecule has 3 N–H and O–H groups in total. The van der Waals surface area contributed by atoms with Gasteiger partial charge in [0, 0.05) is 36.3 Å². The minimum absolute atomic E-state index is 0.221. The normalized spacial score (nSPS) is 9.94. The fraction of sp³-hybridized carbons (Fsp3) is 0.0833. The van der Waals surface area contributed by atoms with Crippen LogP contribution >= 0.6 is 0 Å². The lowest BCUT2D eigenvalue weighted by atomic mass is 10.2. The van der Waals surface area contributed by atoms with Gasteiger partial charge in [0.2, 0.25) is 0 Å². The van der Waals surface area contributed by atoms with E-state index in [0.29, 0.717) is 17.9 Å². The quantitative estimate of drug-likeness (QED) is 0.826. The van der Waals surface area contributed by atoms with Crippen molar-refractivity contribution in [3.05, 3.63) is 54.0 Å². The number of nitrogens with two attached hydrogens (primary N) is 1. The number of hydrogen-bond donors (Lipinski definition) is 2. The average Bonchev–Trinajstić information content (AvgIpc) is 2.40. The monoisotopic (exact) mass is 228 g/mol. The largest absolute Gasteiger partial charge is 0.326 e. The summed E-state index contributed by atoms with van der Waals surface area (Å²) in [5.74, 6) is 0.276. The zero-order chi connectivity index (χ0) is 12.1. The van der Waals surface area contributed by atoms with Crippen molar-refractivity contribution in [2.45, 2.75) is 6.54 Å². The SMILES string of the molecule is NCc1cccnc1NC(=O)c1ccncc1. The van der Waals surface area contributed by atoms with E-state index in [2.05, 4.69) is 15.3 Å². The molecule has 0 spiro atoms. The molecule has 0 fully saturated rings. The molecular weight excluding hydrogens is 216 g/mol. The number of rotatable bonds is 3. The van der Waals surface area contributed by atoms with E-state index in [4.69, 9.17) is 5.73 Å². The average molecular weight is 228 g/mol. The van der Waals surface area contributed by atoms with Gasteiger partial charge < -0.3 is 11.1 Å². The molecule has 0 bridgehead atoms. The van der Waals surface area contributed by atoms with Crippen molar-refractivity contribution in [2.24, 2.45) is 5.73 Å².